The Kier molecular flexibility index (Phi) is 2.65. The molecule has 2 fully saturated rings. The van der Waals surface area contributed by atoms with Gasteiger partial charge in [0.1, 0.15) is 0 Å². The molecule has 0 aromatic heterocycles. The van der Waals surface area contributed by atoms with E-state index in [-0.39, 0.29) is 0 Å². The molecule has 0 spiro atoms. The summed E-state index contributed by atoms with van der Waals surface area (Å²) in [5.41, 5.74) is 2.41. The number of aryl methyl sites for hydroxylation is 1. The van der Waals surface area contributed by atoms with Crippen molar-refractivity contribution in [2.75, 3.05) is 0 Å². The molecule has 2 saturated heterocycles. The predicted octanol–water partition coefficient (Wildman–Crippen LogP) is 2.69. The lowest BCUT2D eigenvalue weighted by molar-refractivity contribution is -0.131. The van der Waals surface area contributed by atoms with Crippen LogP contribution in [0.25, 0.3) is 0 Å². The maximum absolute atomic E-state index is 12.4. The second-order valence-corrected chi connectivity index (χ2v) is 5.37. The van der Waals surface area contributed by atoms with E-state index < -0.39 is 0 Å². The molecule has 2 nitrogen and oxygen atoms in total. The van der Waals surface area contributed by atoms with Crippen molar-refractivity contribution in [3.63, 3.8) is 0 Å². The molecule has 2 aliphatic rings. The highest BCUT2D eigenvalue weighted by Crippen LogP contribution is 2.37. The quantitative estimate of drug-likeness (QED) is 0.763. The molecule has 17 heavy (non-hydrogen) atoms. The molecule has 2 heteroatoms. The van der Waals surface area contributed by atoms with Crippen LogP contribution >= 0.6 is 0 Å². The van der Waals surface area contributed by atoms with Crippen LogP contribution in [0, 0.1) is 6.92 Å². The summed E-state index contributed by atoms with van der Waals surface area (Å²) >= 11 is 0. The Morgan fingerprint density at radius 2 is 1.76 bits per heavy atom. The van der Waals surface area contributed by atoms with Crippen molar-refractivity contribution in [2.24, 2.45) is 0 Å². The van der Waals surface area contributed by atoms with Gasteiger partial charge in [0.25, 0.3) is 0 Å². The number of carbonyl (C=O) groups is 1. The minimum absolute atomic E-state index is 0.337. The highest BCUT2D eigenvalue weighted by Gasteiger charge is 2.41. The van der Waals surface area contributed by atoms with Crippen LogP contribution in [-0.4, -0.2) is 22.9 Å². The van der Waals surface area contributed by atoms with E-state index in [0.29, 0.717) is 24.4 Å². The summed E-state index contributed by atoms with van der Waals surface area (Å²) < 4.78 is 0. The summed E-state index contributed by atoms with van der Waals surface area (Å²) in [6.45, 7) is 2.08. The monoisotopic (exact) mass is 229 g/mol. The van der Waals surface area contributed by atoms with Crippen molar-refractivity contribution in [2.45, 2.75) is 51.1 Å². The average Bonchev–Trinajstić information content (AvgIpc) is 2.91. The summed E-state index contributed by atoms with van der Waals surface area (Å²) in [6, 6.07) is 9.32. The molecular weight excluding hydrogens is 210 g/mol. The molecule has 0 unspecified atom stereocenters. The minimum atomic E-state index is 0.337. The number of hydrogen-bond donors (Lipinski definition) is 0. The molecule has 1 aromatic rings. The van der Waals surface area contributed by atoms with Crippen LogP contribution in [0.5, 0.6) is 0 Å². The highest BCUT2D eigenvalue weighted by molar-refractivity contribution is 5.80. The fraction of sp³-hybridized carbons (Fsp3) is 0.533. The van der Waals surface area contributed by atoms with Crippen LogP contribution in [0.2, 0.25) is 0 Å². The molecule has 0 N–H and O–H groups in total. The van der Waals surface area contributed by atoms with Crippen LogP contribution in [0.15, 0.2) is 24.3 Å². The number of amides is 1. The van der Waals surface area contributed by atoms with E-state index in [9.17, 15) is 4.79 Å². The smallest absolute Gasteiger partial charge is 0.227 e. The Morgan fingerprint density at radius 3 is 2.35 bits per heavy atom. The van der Waals surface area contributed by atoms with Crippen molar-refractivity contribution < 1.29 is 4.79 Å². The number of rotatable bonds is 2. The number of carbonyl (C=O) groups excluding carboxylic acids is 1. The van der Waals surface area contributed by atoms with Gasteiger partial charge < -0.3 is 4.90 Å². The molecule has 2 bridgehead atoms. The van der Waals surface area contributed by atoms with Gasteiger partial charge in [-0.1, -0.05) is 24.3 Å². The second kappa shape index (κ2) is 4.17. The zero-order chi connectivity index (χ0) is 11.8. The van der Waals surface area contributed by atoms with Crippen LogP contribution in [0.4, 0.5) is 0 Å². The largest absolute Gasteiger partial charge is 0.336 e. The average molecular weight is 229 g/mol. The first-order valence-corrected chi connectivity index (χ1v) is 6.61. The maximum Gasteiger partial charge on any atom is 0.227 e. The molecule has 1 aromatic carbocycles. The summed E-state index contributed by atoms with van der Waals surface area (Å²) in [5.74, 6) is 0.337. The van der Waals surface area contributed by atoms with E-state index >= 15 is 0 Å². The maximum atomic E-state index is 12.4. The number of fused-ring (bicyclic) bond motifs is 2. The van der Waals surface area contributed by atoms with Gasteiger partial charge in [-0.05, 0) is 43.7 Å². The van der Waals surface area contributed by atoms with Gasteiger partial charge in [-0.15, -0.1) is 0 Å². The molecule has 3 rings (SSSR count). The van der Waals surface area contributed by atoms with Gasteiger partial charge in [0.15, 0.2) is 0 Å². The fourth-order valence-electron chi connectivity index (χ4n) is 3.38. The van der Waals surface area contributed by atoms with E-state index in [1.807, 2.05) is 12.1 Å². The third kappa shape index (κ3) is 1.86. The van der Waals surface area contributed by atoms with E-state index in [1.54, 1.807) is 0 Å². The van der Waals surface area contributed by atoms with Crippen LogP contribution in [-0.2, 0) is 11.2 Å². The molecule has 2 heterocycles. The predicted molar refractivity (Wildman–Crippen MR) is 67.8 cm³/mol. The first-order chi connectivity index (χ1) is 8.25. The summed E-state index contributed by atoms with van der Waals surface area (Å²) in [4.78, 5) is 14.5. The van der Waals surface area contributed by atoms with Gasteiger partial charge in [0.05, 0.1) is 6.42 Å². The van der Waals surface area contributed by atoms with Gasteiger partial charge in [0, 0.05) is 12.1 Å². The van der Waals surface area contributed by atoms with Gasteiger partial charge >= 0.3 is 0 Å². The molecule has 0 atom stereocenters. The van der Waals surface area contributed by atoms with E-state index in [1.165, 1.54) is 36.8 Å². The minimum Gasteiger partial charge on any atom is -0.336 e. The number of benzene rings is 1. The Bertz CT molecular complexity index is 420. The summed E-state index contributed by atoms with van der Waals surface area (Å²) in [6.07, 6.45) is 5.49. The van der Waals surface area contributed by atoms with E-state index in [0.717, 1.165) is 0 Å². The van der Waals surface area contributed by atoms with Gasteiger partial charge in [0.2, 0.25) is 5.91 Å². The lowest BCUT2D eigenvalue weighted by Crippen LogP contribution is -2.36. The van der Waals surface area contributed by atoms with Crippen LogP contribution in [0.1, 0.15) is 36.8 Å². The van der Waals surface area contributed by atoms with Crippen molar-refractivity contribution in [3.05, 3.63) is 35.4 Å². The first-order valence-electron chi connectivity index (χ1n) is 6.61. The van der Waals surface area contributed by atoms with Crippen LogP contribution in [0.3, 0.4) is 0 Å². The summed E-state index contributed by atoms with van der Waals surface area (Å²) in [7, 11) is 0. The lowest BCUT2D eigenvalue weighted by Gasteiger charge is -2.22. The van der Waals surface area contributed by atoms with Crippen molar-refractivity contribution in [1.82, 2.24) is 4.90 Å². The molecule has 0 aliphatic carbocycles. The third-order valence-corrected chi connectivity index (χ3v) is 4.34. The SMILES string of the molecule is Cc1ccccc1CC(=O)N1C2CCC1CC2. The Balaban J connectivity index is 1.74. The third-order valence-electron chi connectivity index (χ3n) is 4.34. The van der Waals surface area contributed by atoms with Crippen molar-refractivity contribution >= 4 is 5.91 Å². The van der Waals surface area contributed by atoms with Gasteiger partial charge in [-0.2, -0.15) is 0 Å². The van der Waals surface area contributed by atoms with E-state index in [2.05, 4.69) is 24.0 Å². The van der Waals surface area contributed by atoms with Crippen LogP contribution < -0.4 is 0 Å². The zero-order valence-electron chi connectivity index (χ0n) is 10.4. The van der Waals surface area contributed by atoms with E-state index in [4.69, 9.17) is 0 Å². The van der Waals surface area contributed by atoms with Gasteiger partial charge in [-0.25, -0.2) is 0 Å². The molecule has 0 radical (unpaired) electrons. The molecule has 1 amide bonds. The second-order valence-electron chi connectivity index (χ2n) is 5.37. The number of hydrogen-bond acceptors (Lipinski definition) is 1. The normalized spacial score (nSPS) is 26.5. The van der Waals surface area contributed by atoms with Crippen molar-refractivity contribution in [3.8, 4) is 0 Å². The Labute approximate surface area is 103 Å². The number of nitrogens with zero attached hydrogens (tertiary/aromatic N) is 1. The van der Waals surface area contributed by atoms with Gasteiger partial charge in [-0.3, -0.25) is 4.79 Å². The lowest BCUT2D eigenvalue weighted by atomic mass is 10.0. The molecule has 0 saturated carbocycles. The fourth-order valence-corrected chi connectivity index (χ4v) is 3.38. The molecule has 2 aliphatic heterocycles. The Hall–Kier alpha value is -1.31. The topological polar surface area (TPSA) is 20.3 Å². The first kappa shape index (κ1) is 10.8. The standard InChI is InChI=1S/C15H19NO/c1-11-4-2-3-5-12(11)10-15(17)16-13-6-7-14(16)9-8-13/h2-5,13-14H,6-10H2,1H3. The summed E-state index contributed by atoms with van der Waals surface area (Å²) in [5, 5.41) is 0. The zero-order valence-corrected chi connectivity index (χ0v) is 10.4. The highest BCUT2D eigenvalue weighted by atomic mass is 16.2. The Morgan fingerprint density at radius 1 is 1.18 bits per heavy atom. The van der Waals surface area contributed by atoms with Crippen molar-refractivity contribution in [1.29, 1.82) is 0 Å². The molecular formula is C15H19NO. The molecule has 90 valence electrons.